The smallest absolute Gasteiger partial charge is 0.0445 e. The third kappa shape index (κ3) is 4.02. The first kappa shape index (κ1) is 13.3. The second-order valence-electron chi connectivity index (χ2n) is 4.77. The van der Waals surface area contributed by atoms with Crippen molar-refractivity contribution in [3.05, 3.63) is 24.0 Å². The first-order chi connectivity index (χ1) is 7.44. The number of pyridine rings is 1. The van der Waals surface area contributed by atoms with Gasteiger partial charge in [0, 0.05) is 40.2 Å². The minimum Gasteiger partial charge on any atom is -0.398 e. The summed E-state index contributed by atoms with van der Waals surface area (Å²) in [5.41, 5.74) is 7.84. The summed E-state index contributed by atoms with van der Waals surface area (Å²) in [5, 5.41) is 3.29. The Labute approximate surface area is 102 Å². The lowest BCUT2D eigenvalue weighted by Gasteiger charge is -2.23. The fourth-order valence-electron chi connectivity index (χ4n) is 1.37. The van der Waals surface area contributed by atoms with Gasteiger partial charge in [0.25, 0.3) is 0 Å². The number of nitrogen functional groups attached to an aromatic ring is 1. The average Bonchev–Trinajstić information content (AvgIpc) is 2.20. The van der Waals surface area contributed by atoms with E-state index in [0.29, 0.717) is 0 Å². The number of thioether (sulfide) groups is 1. The Morgan fingerprint density at radius 3 is 2.69 bits per heavy atom. The topological polar surface area (TPSA) is 50.9 Å². The Balaban J connectivity index is 2.72. The summed E-state index contributed by atoms with van der Waals surface area (Å²) < 4.78 is 0.270. The van der Waals surface area contributed by atoms with Gasteiger partial charge in [-0.05, 0) is 13.1 Å². The van der Waals surface area contributed by atoms with Crippen molar-refractivity contribution in [3.8, 4) is 0 Å². The van der Waals surface area contributed by atoms with Crippen molar-refractivity contribution in [1.82, 2.24) is 10.3 Å². The molecule has 1 heterocycles. The zero-order chi connectivity index (χ0) is 12.2. The van der Waals surface area contributed by atoms with Gasteiger partial charge in [-0.3, -0.25) is 4.98 Å². The van der Waals surface area contributed by atoms with Gasteiger partial charge in [-0.25, -0.2) is 0 Å². The summed E-state index contributed by atoms with van der Waals surface area (Å²) in [5.74, 6) is 0.996. The lowest BCUT2D eigenvalue weighted by molar-refractivity contribution is 0.656. The quantitative estimate of drug-likeness (QED) is 0.847. The van der Waals surface area contributed by atoms with Crippen LogP contribution in [0.15, 0.2) is 18.5 Å². The summed E-state index contributed by atoms with van der Waals surface area (Å²) in [6, 6.07) is 2.11. The summed E-state index contributed by atoms with van der Waals surface area (Å²) in [6.45, 7) is 6.66. The molecule has 4 heteroatoms. The molecule has 16 heavy (non-hydrogen) atoms. The molecule has 1 rings (SSSR count). The van der Waals surface area contributed by atoms with Crippen LogP contribution in [-0.2, 0) is 0 Å². The highest BCUT2D eigenvalue weighted by atomic mass is 32.2. The Morgan fingerprint density at radius 1 is 1.50 bits per heavy atom. The van der Waals surface area contributed by atoms with Gasteiger partial charge in [-0.15, -0.1) is 0 Å². The fraction of sp³-hybridized carbons (Fsp3) is 0.583. The van der Waals surface area contributed by atoms with Crippen LogP contribution in [-0.4, -0.2) is 22.5 Å². The van der Waals surface area contributed by atoms with Crippen LogP contribution in [0, 0.1) is 0 Å². The molecule has 0 bridgehead atoms. The first-order valence-corrected chi connectivity index (χ1v) is 6.43. The molecule has 0 aliphatic rings. The Kier molecular flexibility index (Phi) is 4.62. The number of nitrogens with one attached hydrogen (secondary N) is 1. The molecule has 1 aromatic heterocycles. The van der Waals surface area contributed by atoms with Gasteiger partial charge in [-0.1, -0.05) is 20.8 Å². The van der Waals surface area contributed by atoms with E-state index in [1.807, 2.05) is 31.1 Å². The van der Waals surface area contributed by atoms with Crippen LogP contribution in [0.5, 0.6) is 0 Å². The van der Waals surface area contributed by atoms with Crippen molar-refractivity contribution in [2.75, 3.05) is 18.5 Å². The predicted octanol–water partition coefficient (Wildman–Crippen LogP) is 2.46. The third-order valence-electron chi connectivity index (χ3n) is 2.29. The summed E-state index contributed by atoms with van der Waals surface area (Å²) in [4.78, 5) is 4.13. The van der Waals surface area contributed by atoms with Crippen LogP contribution in [0.3, 0.4) is 0 Å². The van der Waals surface area contributed by atoms with Crippen molar-refractivity contribution in [2.45, 2.75) is 31.6 Å². The van der Waals surface area contributed by atoms with Crippen LogP contribution < -0.4 is 11.1 Å². The number of anilines is 1. The van der Waals surface area contributed by atoms with Crippen molar-refractivity contribution in [1.29, 1.82) is 0 Å². The number of aromatic nitrogens is 1. The minimum atomic E-state index is 0.262. The molecule has 0 saturated carbocycles. The molecule has 0 radical (unpaired) electrons. The SMILES string of the molecule is CNC(CSC(C)(C)C)c1cnccc1N. The Bertz CT molecular complexity index is 333. The molecule has 1 atom stereocenters. The molecule has 0 spiro atoms. The Morgan fingerprint density at radius 2 is 2.19 bits per heavy atom. The average molecular weight is 239 g/mol. The number of hydrogen-bond donors (Lipinski definition) is 2. The van der Waals surface area contributed by atoms with Gasteiger partial charge >= 0.3 is 0 Å². The first-order valence-electron chi connectivity index (χ1n) is 5.44. The molecule has 0 saturated heterocycles. The van der Waals surface area contributed by atoms with Crippen LogP contribution in [0.4, 0.5) is 5.69 Å². The zero-order valence-electron chi connectivity index (χ0n) is 10.4. The van der Waals surface area contributed by atoms with E-state index >= 15 is 0 Å². The van der Waals surface area contributed by atoms with E-state index < -0.39 is 0 Å². The molecule has 1 aromatic rings. The largest absolute Gasteiger partial charge is 0.398 e. The summed E-state index contributed by atoms with van der Waals surface area (Å²) in [6.07, 6.45) is 3.57. The molecule has 0 fully saturated rings. The van der Waals surface area contributed by atoms with Crippen molar-refractivity contribution in [2.24, 2.45) is 0 Å². The van der Waals surface area contributed by atoms with E-state index in [1.54, 1.807) is 6.20 Å². The number of hydrogen-bond acceptors (Lipinski definition) is 4. The van der Waals surface area contributed by atoms with Crippen LogP contribution >= 0.6 is 11.8 Å². The molecule has 3 N–H and O–H groups in total. The van der Waals surface area contributed by atoms with Crippen LogP contribution in [0.25, 0.3) is 0 Å². The number of rotatable bonds is 4. The molecule has 0 aliphatic carbocycles. The monoisotopic (exact) mass is 239 g/mol. The van der Waals surface area contributed by atoms with E-state index in [2.05, 4.69) is 31.1 Å². The van der Waals surface area contributed by atoms with E-state index in [-0.39, 0.29) is 10.8 Å². The normalized spacial score (nSPS) is 13.8. The van der Waals surface area contributed by atoms with Gasteiger partial charge in [0.2, 0.25) is 0 Å². The van der Waals surface area contributed by atoms with Gasteiger partial charge in [0.1, 0.15) is 0 Å². The standard InChI is InChI=1S/C12H21N3S/c1-12(2,3)16-8-11(14-4)9-7-15-6-5-10(9)13/h5-7,11,14H,8H2,1-4H3,(H2,13,15). The minimum absolute atomic E-state index is 0.262. The maximum atomic E-state index is 5.95. The van der Waals surface area contributed by atoms with Crippen molar-refractivity contribution in [3.63, 3.8) is 0 Å². The zero-order valence-corrected chi connectivity index (χ0v) is 11.3. The van der Waals surface area contributed by atoms with Crippen molar-refractivity contribution < 1.29 is 0 Å². The highest BCUT2D eigenvalue weighted by molar-refractivity contribution is 8.00. The summed E-state index contributed by atoms with van der Waals surface area (Å²) >= 11 is 1.92. The molecule has 0 aliphatic heterocycles. The molecular weight excluding hydrogens is 218 g/mol. The predicted molar refractivity (Wildman–Crippen MR) is 72.7 cm³/mol. The van der Waals surface area contributed by atoms with Crippen LogP contribution in [0.2, 0.25) is 0 Å². The molecule has 3 nitrogen and oxygen atoms in total. The number of nitrogens with zero attached hydrogens (tertiary/aromatic N) is 1. The lowest BCUT2D eigenvalue weighted by atomic mass is 10.1. The summed E-state index contributed by atoms with van der Waals surface area (Å²) in [7, 11) is 1.96. The molecule has 0 aromatic carbocycles. The second kappa shape index (κ2) is 5.55. The van der Waals surface area contributed by atoms with E-state index in [9.17, 15) is 0 Å². The fourth-order valence-corrected chi connectivity index (χ4v) is 2.38. The lowest BCUT2D eigenvalue weighted by Crippen LogP contribution is -2.22. The van der Waals surface area contributed by atoms with Gasteiger partial charge in [-0.2, -0.15) is 11.8 Å². The van der Waals surface area contributed by atoms with Crippen LogP contribution in [0.1, 0.15) is 32.4 Å². The molecular formula is C12H21N3S. The Hall–Kier alpha value is -0.740. The van der Waals surface area contributed by atoms with Gasteiger partial charge in [0.15, 0.2) is 0 Å². The van der Waals surface area contributed by atoms with E-state index in [1.165, 1.54) is 0 Å². The highest BCUT2D eigenvalue weighted by Gasteiger charge is 2.17. The maximum absolute atomic E-state index is 5.95. The van der Waals surface area contributed by atoms with E-state index in [0.717, 1.165) is 17.0 Å². The molecule has 0 amide bonds. The molecule has 1 unspecified atom stereocenters. The van der Waals surface area contributed by atoms with Gasteiger partial charge in [0.05, 0.1) is 0 Å². The third-order valence-corrected chi connectivity index (χ3v) is 3.66. The number of nitrogens with two attached hydrogens (primary N) is 1. The second-order valence-corrected chi connectivity index (χ2v) is 6.62. The maximum Gasteiger partial charge on any atom is 0.0445 e. The molecule has 90 valence electrons. The van der Waals surface area contributed by atoms with Crippen molar-refractivity contribution >= 4 is 17.4 Å². The van der Waals surface area contributed by atoms with E-state index in [4.69, 9.17) is 5.73 Å². The van der Waals surface area contributed by atoms with Gasteiger partial charge < -0.3 is 11.1 Å². The highest BCUT2D eigenvalue weighted by Crippen LogP contribution is 2.29.